The molecule has 0 aliphatic heterocycles. The maximum absolute atomic E-state index is 12.9. The number of hydrogen-bond acceptors (Lipinski definition) is 5. The van der Waals surface area contributed by atoms with Crippen LogP contribution < -0.4 is 11.2 Å². The summed E-state index contributed by atoms with van der Waals surface area (Å²) in [5.74, 6) is 6.61. The van der Waals surface area contributed by atoms with Crippen molar-refractivity contribution in [2.24, 2.45) is 0 Å². The molecule has 0 radical (unpaired) electrons. The number of anilines is 1. The first kappa shape index (κ1) is 21.1. The number of amides is 1. The number of rotatable bonds is 6. The van der Waals surface area contributed by atoms with Crippen LogP contribution in [0.5, 0.6) is 0 Å². The molecule has 3 N–H and O–H groups in total. The van der Waals surface area contributed by atoms with Crippen molar-refractivity contribution < 1.29 is 4.79 Å². The van der Waals surface area contributed by atoms with E-state index in [0.29, 0.717) is 11.0 Å². The van der Waals surface area contributed by atoms with Crippen molar-refractivity contribution in [3.63, 3.8) is 0 Å². The predicted octanol–water partition coefficient (Wildman–Crippen LogP) is 5.21. The molecule has 1 heterocycles. The number of carbonyl (C=O) groups excluding carboxylic acids is 1. The van der Waals surface area contributed by atoms with Gasteiger partial charge in [0, 0.05) is 21.3 Å². The van der Waals surface area contributed by atoms with Gasteiger partial charge in [0.15, 0.2) is 5.82 Å². The van der Waals surface area contributed by atoms with Gasteiger partial charge in [0.1, 0.15) is 0 Å². The third-order valence-electron chi connectivity index (χ3n) is 4.70. The summed E-state index contributed by atoms with van der Waals surface area (Å²) in [6.45, 7) is 1.82. The molecule has 1 atom stereocenters. The molecule has 0 aliphatic rings. The summed E-state index contributed by atoms with van der Waals surface area (Å²) in [5, 5.41) is 11.4. The minimum atomic E-state index is -0.428. The van der Waals surface area contributed by atoms with Gasteiger partial charge < -0.3 is 11.2 Å². The van der Waals surface area contributed by atoms with Crippen molar-refractivity contribution in [1.29, 1.82) is 0 Å². The molecule has 0 aliphatic carbocycles. The Labute approximate surface area is 193 Å². The minimum absolute atomic E-state index is 0.140. The molecule has 0 spiro atoms. The number of nitrogens with two attached hydrogens (primary N) is 1. The largest absolute Gasteiger partial charge is 0.335 e. The lowest BCUT2D eigenvalue weighted by Crippen LogP contribution is -2.24. The maximum atomic E-state index is 12.9. The monoisotopic (exact) mass is 493 g/mol. The van der Waals surface area contributed by atoms with E-state index in [-0.39, 0.29) is 5.91 Å². The zero-order valence-electron chi connectivity index (χ0n) is 16.7. The second-order valence-corrected chi connectivity index (χ2v) is 8.98. The Morgan fingerprint density at radius 1 is 0.968 bits per heavy atom. The molecule has 3 aromatic carbocycles. The zero-order chi connectivity index (χ0) is 21.8. The number of benzene rings is 3. The van der Waals surface area contributed by atoms with Crippen LogP contribution in [0.25, 0.3) is 22.5 Å². The summed E-state index contributed by atoms with van der Waals surface area (Å²) in [5.41, 5.74) is 3.60. The number of carbonyl (C=O) groups is 1. The van der Waals surface area contributed by atoms with Gasteiger partial charge >= 0.3 is 0 Å². The summed E-state index contributed by atoms with van der Waals surface area (Å²) >= 11 is 4.76. The Hall–Kier alpha value is -3.10. The highest BCUT2D eigenvalue weighted by Gasteiger charge is 2.21. The van der Waals surface area contributed by atoms with Crippen LogP contribution in [0.3, 0.4) is 0 Å². The van der Waals surface area contributed by atoms with Crippen LogP contribution in [-0.2, 0) is 4.79 Å². The molecule has 6 nitrogen and oxygen atoms in total. The Balaban J connectivity index is 1.51. The fourth-order valence-corrected chi connectivity index (χ4v) is 4.32. The normalized spacial score (nSPS) is 11.8. The topological polar surface area (TPSA) is 85.8 Å². The van der Waals surface area contributed by atoms with Gasteiger partial charge in [-0.3, -0.25) is 4.79 Å². The molecule has 0 saturated heterocycles. The molecule has 1 amide bonds. The standard InChI is InChI=1S/C23H20BrN5OS/c1-15(31-23-28-27-21(29(23)25)18-12-5-7-13-19(18)24)22(30)26-20-14-8-6-11-17(20)16-9-3-2-4-10-16/h2-15H,25H2,1H3,(H,26,30). The molecule has 0 bridgehead atoms. The van der Waals surface area contributed by atoms with E-state index in [4.69, 9.17) is 5.84 Å². The Kier molecular flexibility index (Phi) is 6.39. The highest BCUT2D eigenvalue weighted by molar-refractivity contribution is 9.10. The summed E-state index contributed by atoms with van der Waals surface area (Å²) in [7, 11) is 0. The molecular weight excluding hydrogens is 474 g/mol. The maximum Gasteiger partial charge on any atom is 0.237 e. The molecule has 8 heteroatoms. The first-order chi connectivity index (χ1) is 15.0. The van der Waals surface area contributed by atoms with Gasteiger partial charge in [0.05, 0.1) is 5.25 Å². The Bertz CT molecular complexity index is 1210. The Morgan fingerprint density at radius 3 is 2.35 bits per heavy atom. The molecule has 1 aromatic heterocycles. The fraction of sp³-hybridized carbons (Fsp3) is 0.0870. The van der Waals surface area contributed by atoms with Crippen LogP contribution in [0.4, 0.5) is 5.69 Å². The van der Waals surface area contributed by atoms with Crippen molar-refractivity contribution in [2.45, 2.75) is 17.3 Å². The third-order valence-corrected chi connectivity index (χ3v) is 6.45. The van der Waals surface area contributed by atoms with Crippen LogP contribution in [0, 0.1) is 0 Å². The van der Waals surface area contributed by atoms with Crippen molar-refractivity contribution in [2.75, 3.05) is 11.2 Å². The van der Waals surface area contributed by atoms with Crippen molar-refractivity contribution >= 4 is 39.3 Å². The lowest BCUT2D eigenvalue weighted by atomic mass is 10.0. The lowest BCUT2D eigenvalue weighted by molar-refractivity contribution is -0.115. The number of nitrogens with one attached hydrogen (secondary N) is 1. The molecule has 4 aromatic rings. The molecular formula is C23H20BrN5OS. The van der Waals surface area contributed by atoms with Crippen molar-refractivity contribution in [3.05, 3.63) is 83.3 Å². The van der Waals surface area contributed by atoms with Gasteiger partial charge in [-0.25, -0.2) is 4.68 Å². The predicted molar refractivity (Wildman–Crippen MR) is 129 cm³/mol. The van der Waals surface area contributed by atoms with E-state index < -0.39 is 5.25 Å². The highest BCUT2D eigenvalue weighted by Crippen LogP contribution is 2.31. The SMILES string of the molecule is CC(Sc1nnc(-c2ccccc2Br)n1N)C(=O)Nc1ccccc1-c1ccccc1. The van der Waals surface area contributed by atoms with Gasteiger partial charge in [0.25, 0.3) is 0 Å². The van der Waals surface area contributed by atoms with Crippen LogP contribution >= 0.6 is 27.7 Å². The van der Waals surface area contributed by atoms with Crippen LogP contribution in [0.15, 0.2) is 88.5 Å². The van der Waals surface area contributed by atoms with Gasteiger partial charge in [-0.05, 0) is 30.7 Å². The van der Waals surface area contributed by atoms with Crippen LogP contribution in [0.1, 0.15) is 6.92 Å². The molecule has 31 heavy (non-hydrogen) atoms. The van der Waals surface area contributed by atoms with E-state index in [1.165, 1.54) is 16.4 Å². The van der Waals surface area contributed by atoms with Gasteiger partial charge in [-0.15, -0.1) is 10.2 Å². The molecule has 0 fully saturated rings. The smallest absolute Gasteiger partial charge is 0.237 e. The number of halogens is 1. The summed E-state index contributed by atoms with van der Waals surface area (Å²) in [6, 6.07) is 25.3. The van der Waals surface area contributed by atoms with Crippen LogP contribution in [-0.4, -0.2) is 26.0 Å². The third kappa shape index (κ3) is 4.65. The quantitative estimate of drug-likeness (QED) is 0.284. The van der Waals surface area contributed by atoms with Gasteiger partial charge in [-0.1, -0.05) is 88.4 Å². The van der Waals surface area contributed by atoms with Gasteiger partial charge in [-0.2, -0.15) is 0 Å². The Morgan fingerprint density at radius 2 is 1.61 bits per heavy atom. The van der Waals surface area contributed by atoms with E-state index in [9.17, 15) is 4.79 Å². The minimum Gasteiger partial charge on any atom is -0.335 e. The fourth-order valence-electron chi connectivity index (χ4n) is 3.09. The number of nitrogen functional groups attached to an aromatic ring is 1. The lowest BCUT2D eigenvalue weighted by Gasteiger charge is -2.14. The first-order valence-electron chi connectivity index (χ1n) is 9.62. The average Bonchev–Trinajstić information content (AvgIpc) is 3.15. The van der Waals surface area contributed by atoms with Crippen molar-refractivity contribution in [3.8, 4) is 22.5 Å². The number of para-hydroxylation sites is 1. The van der Waals surface area contributed by atoms with E-state index in [1.807, 2.05) is 85.8 Å². The van der Waals surface area contributed by atoms with E-state index in [0.717, 1.165) is 26.9 Å². The zero-order valence-corrected chi connectivity index (χ0v) is 19.1. The summed E-state index contributed by atoms with van der Waals surface area (Å²) in [6.07, 6.45) is 0. The number of hydrogen-bond donors (Lipinski definition) is 2. The highest BCUT2D eigenvalue weighted by atomic mass is 79.9. The summed E-state index contributed by atoms with van der Waals surface area (Å²) < 4.78 is 2.28. The molecule has 156 valence electrons. The molecule has 1 unspecified atom stereocenters. The van der Waals surface area contributed by atoms with Crippen LogP contribution in [0.2, 0.25) is 0 Å². The second kappa shape index (κ2) is 9.36. The number of aromatic nitrogens is 3. The summed E-state index contributed by atoms with van der Waals surface area (Å²) in [4.78, 5) is 12.9. The number of nitrogens with zero attached hydrogens (tertiary/aromatic N) is 3. The molecule has 4 rings (SSSR count). The second-order valence-electron chi connectivity index (χ2n) is 6.82. The number of thioether (sulfide) groups is 1. The van der Waals surface area contributed by atoms with Crippen molar-refractivity contribution in [1.82, 2.24) is 14.9 Å². The van der Waals surface area contributed by atoms with E-state index >= 15 is 0 Å². The van der Waals surface area contributed by atoms with Gasteiger partial charge in [0.2, 0.25) is 11.1 Å². The van der Waals surface area contributed by atoms with E-state index in [2.05, 4.69) is 31.4 Å². The average molecular weight is 494 g/mol. The first-order valence-corrected chi connectivity index (χ1v) is 11.3. The van der Waals surface area contributed by atoms with E-state index in [1.54, 1.807) is 0 Å². The molecule has 0 saturated carbocycles.